The Morgan fingerprint density at radius 3 is 0.702 bits per heavy atom. The highest BCUT2D eigenvalue weighted by molar-refractivity contribution is 6.03. The van der Waals surface area contributed by atoms with E-state index in [1.54, 1.807) is 0 Å². The first-order chi connectivity index (χ1) is 27.2. The molecule has 24 heteroatoms. The van der Waals surface area contributed by atoms with Gasteiger partial charge in [-0.25, -0.2) is 19.2 Å². The second-order valence-corrected chi connectivity index (χ2v) is 12.9. The van der Waals surface area contributed by atoms with E-state index in [0.717, 1.165) is 0 Å². The second-order valence-electron chi connectivity index (χ2n) is 12.9. The van der Waals surface area contributed by atoms with Crippen LogP contribution in [0.2, 0.25) is 0 Å². The van der Waals surface area contributed by atoms with Crippen LogP contribution in [0.3, 0.4) is 0 Å². The largest absolute Gasteiger partial charge is 0.380 e. The van der Waals surface area contributed by atoms with Crippen molar-refractivity contribution in [1.29, 1.82) is 0 Å². The van der Waals surface area contributed by atoms with E-state index in [0.29, 0.717) is 20.3 Å². The highest BCUT2D eigenvalue weighted by atomic mass is 16.7. The summed E-state index contributed by atoms with van der Waals surface area (Å²) < 4.78 is 22.8. The fourth-order valence-electron chi connectivity index (χ4n) is 5.25. The summed E-state index contributed by atoms with van der Waals surface area (Å²) in [7, 11) is 0. The van der Waals surface area contributed by atoms with Gasteiger partial charge in [-0.2, -0.15) is 0 Å². The van der Waals surface area contributed by atoms with Crippen LogP contribution < -0.4 is 0 Å². The molecule has 4 heterocycles. The maximum Gasteiger partial charge on any atom is 0.335 e. The minimum Gasteiger partial charge on any atom is -0.380 e. The van der Waals surface area contributed by atoms with Gasteiger partial charge in [-0.3, -0.25) is 38.4 Å². The minimum atomic E-state index is -1.37. The van der Waals surface area contributed by atoms with Crippen LogP contribution in [-0.2, 0) is 95.8 Å². The van der Waals surface area contributed by atoms with Crippen LogP contribution in [0.15, 0.2) is 0 Å². The molecule has 0 bridgehead atoms. The zero-order valence-electron chi connectivity index (χ0n) is 30.6. The van der Waals surface area contributed by atoms with Crippen molar-refractivity contribution in [2.24, 2.45) is 5.41 Å². The van der Waals surface area contributed by atoms with Gasteiger partial charge in [-0.1, -0.05) is 0 Å². The number of rotatable bonds is 24. The Balaban J connectivity index is 1.37. The van der Waals surface area contributed by atoms with Gasteiger partial charge in [-0.15, -0.1) is 20.3 Å². The standard InChI is InChI=1S/C33H40N4O20/c38-21-1-2-22(39)34(21)54-29(46)9-13-50-17-33(18-51-14-10-30(47)55-35-23(40)3-4-24(35)41,19-52-15-11-31(48)56-36-25(42)5-6-26(36)43)20-53-16-12-32(49)57-37-27(44)7-8-28(37)45/h1-20H2. The van der Waals surface area contributed by atoms with Gasteiger partial charge in [0.05, 0.1) is 84.0 Å². The summed E-state index contributed by atoms with van der Waals surface area (Å²) in [5, 5.41) is 1.46. The molecule has 4 aliphatic rings. The number of hydrogen-bond acceptors (Lipinski definition) is 20. The molecular weight excluding hydrogens is 772 g/mol. The molecule has 4 saturated heterocycles. The number of nitrogens with zero attached hydrogens (tertiary/aromatic N) is 4. The molecule has 0 aliphatic carbocycles. The summed E-state index contributed by atoms with van der Waals surface area (Å²) in [4.78, 5) is 163. The zero-order chi connectivity index (χ0) is 41.5. The molecule has 4 aliphatic heterocycles. The van der Waals surface area contributed by atoms with E-state index in [1.807, 2.05) is 0 Å². The third-order valence-corrected chi connectivity index (χ3v) is 8.23. The van der Waals surface area contributed by atoms with Crippen molar-refractivity contribution in [3.63, 3.8) is 0 Å². The van der Waals surface area contributed by atoms with Crippen LogP contribution in [0.25, 0.3) is 0 Å². The third-order valence-electron chi connectivity index (χ3n) is 8.23. The Morgan fingerprint density at radius 2 is 0.526 bits per heavy atom. The van der Waals surface area contributed by atoms with Gasteiger partial charge in [0.2, 0.25) is 0 Å². The monoisotopic (exact) mass is 812 g/mol. The van der Waals surface area contributed by atoms with Crippen molar-refractivity contribution in [2.45, 2.75) is 77.0 Å². The summed E-state index contributed by atoms with van der Waals surface area (Å²) in [6.45, 7) is -2.72. The molecule has 8 amide bonds. The summed E-state index contributed by atoms with van der Waals surface area (Å²) >= 11 is 0. The van der Waals surface area contributed by atoms with Crippen molar-refractivity contribution < 1.29 is 95.8 Å². The van der Waals surface area contributed by atoms with Gasteiger partial charge in [0, 0.05) is 51.4 Å². The number of ether oxygens (including phenoxy) is 4. The minimum absolute atomic E-state index is 0.115. The fourth-order valence-corrected chi connectivity index (χ4v) is 5.25. The highest BCUT2D eigenvalue weighted by Crippen LogP contribution is 2.23. The first-order valence-corrected chi connectivity index (χ1v) is 17.8. The normalized spacial score (nSPS) is 17.4. The molecule has 0 saturated carbocycles. The quantitative estimate of drug-likeness (QED) is 0.0754. The molecule has 0 atom stereocenters. The molecule has 4 fully saturated rings. The lowest BCUT2D eigenvalue weighted by atomic mass is 9.92. The second kappa shape index (κ2) is 21.0. The van der Waals surface area contributed by atoms with E-state index in [1.165, 1.54) is 0 Å². The predicted molar refractivity (Wildman–Crippen MR) is 173 cm³/mol. The lowest BCUT2D eigenvalue weighted by Crippen LogP contribution is -2.42. The number of imide groups is 4. The Kier molecular flexibility index (Phi) is 16.2. The Morgan fingerprint density at radius 1 is 0.351 bits per heavy atom. The maximum atomic E-state index is 12.3. The molecule has 0 aromatic heterocycles. The summed E-state index contributed by atoms with van der Waals surface area (Å²) in [6.07, 6.45) is -2.66. The van der Waals surface area contributed by atoms with Gasteiger partial charge < -0.3 is 38.3 Å². The summed E-state index contributed by atoms with van der Waals surface area (Å²) in [6, 6.07) is 0. The smallest absolute Gasteiger partial charge is 0.335 e. The number of carbonyl (C=O) groups excluding carboxylic acids is 12. The van der Waals surface area contributed by atoms with Crippen LogP contribution >= 0.6 is 0 Å². The lowest BCUT2D eigenvalue weighted by Gasteiger charge is -2.33. The van der Waals surface area contributed by atoms with Crippen LogP contribution in [0.5, 0.6) is 0 Å². The van der Waals surface area contributed by atoms with Gasteiger partial charge in [0.25, 0.3) is 47.3 Å². The van der Waals surface area contributed by atoms with Crippen LogP contribution in [0.1, 0.15) is 77.0 Å². The molecule has 0 aromatic carbocycles. The Hall–Kier alpha value is -5.72. The van der Waals surface area contributed by atoms with Crippen molar-refractivity contribution in [3.8, 4) is 0 Å². The molecule has 57 heavy (non-hydrogen) atoms. The molecule has 0 aromatic rings. The number of hydrogen-bond donors (Lipinski definition) is 0. The first-order valence-electron chi connectivity index (χ1n) is 17.8. The lowest BCUT2D eigenvalue weighted by molar-refractivity contribution is -0.199. The molecule has 24 nitrogen and oxygen atoms in total. The highest BCUT2D eigenvalue weighted by Gasteiger charge is 2.37. The molecule has 312 valence electrons. The van der Waals surface area contributed by atoms with E-state index < -0.39 is 102 Å². The van der Waals surface area contributed by atoms with Crippen LogP contribution in [0, 0.1) is 5.41 Å². The summed E-state index contributed by atoms with van der Waals surface area (Å²) in [5.74, 6) is -9.38. The molecule has 4 rings (SSSR count). The number of carbonyl (C=O) groups is 12. The van der Waals surface area contributed by atoms with Gasteiger partial charge in [0.1, 0.15) is 0 Å². The maximum absolute atomic E-state index is 12.3. The number of amides is 8. The van der Waals surface area contributed by atoms with Gasteiger partial charge in [-0.05, 0) is 0 Å². The summed E-state index contributed by atoms with van der Waals surface area (Å²) in [5.41, 5.74) is -1.37. The van der Waals surface area contributed by atoms with E-state index in [4.69, 9.17) is 38.3 Å². The molecule has 0 unspecified atom stereocenters. The van der Waals surface area contributed by atoms with E-state index in [-0.39, 0.29) is 104 Å². The first kappa shape index (κ1) is 44.0. The van der Waals surface area contributed by atoms with E-state index in [2.05, 4.69) is 0 Å². The number of hydroxylamine groups is 8. The van der Waals surface area contributed by atoms with Gasteiger partial charge in [0.15, 0.2) is 0 Å². The third kappa shape index (κ3) is 13.2. The van der Waals surface area contributed by atoms with Gasteiger partial charge >= 0.3 is 23.9 Å². The van der Waals surface area contributed by atoms with Crippen LogP contribution in [0.4, 0.5) is 0 Å². The topological polar surface area (TPSA) is 292 Å². The molecule has 0 spiro atoms. The van der Waals surface area contributed by atoms with Crippen molar-refractivity contribution in [2.75, 3.05) is 52.9 Å². The van der Waals surface area contributed by atoms with E-state index >= 15 is 0 Å². The van der Waals surface area contributed by atoms with Crippen molar-refractivity contribution in [3.05, 3.63) is 0 Å². The Bertz CT molecular complexity index is 1340. The fraction of sp³-hybridized carbons (Fsp3) is 0.636. The van der Waals surface area contributed by atoms with Crippen molar-refractivity contribution in [1.82, 2.24) is 20.3 Å². The zero-order valence-corrected chi connectivity index (χ0v) is 30.6. The molecule has 0 radical (unpaired) electrons. The van der Waals surface area contributed by atoms with Crippen LogP contribution in [-0.4, -0.2) is 144 Å². The Labute approximate surface area is 322 Å². The molecular formula is C33H40N4O20. The SMILES string of the molecule is O=C(CCOCC(COCCC(=O)ON1C(=O)CCC1=O)(COCCC(=O)ON1C(=O)CCC1=O)COCCC(=O)ON1C(=O)CCC1=O)ON1C(=O)CCC1=O. The average Bonchev–Trinajstić information content (AvgIpc) is 3.88. The van der Waals surface area contributed by atoms with E-state index in [9.17, 15) is 57.5 Å². The average molecular weight is 813 g/mol. The van der Waals surface area contributed by atoms with Crippen molar-refractivity contribution >= 4 is 71.1 Å². The predicted octanol–water partition coefficient (Wildman–Crippen LogP) is -1.97. The molecule has 0 N–H and O–H groups in total.